The lowest BCUT2D eigenvalue weighted by atomic mass is 10.0. The molecule has 0 saturated carbocycles. The summed E-state index contributed by atoms with van der Waals surface area (Å²) >= 11 is 0. The molecule has 0 aliphatic carbocycles. The molecule has 0 unspecified atom stereocenters. The van der Waals surface area contributed by atoms with E-state index in [0.717, 1.165) is 5.56 Å². The fourth-order valence-electron chi connectivity index (χ4n) is 3.76. The normalized spacial score (nSPS) is 15.3. The molecule has 2 aromatic carbocycles. The van der Waals surface area contributed by atoms with Crippen LogP contribution in [0.5, 0.6) is 0 Å². The topological polar surface area (TPSA) is 78.5 Å². The second-order valence-corrected chi connectivity index (χ2v) is 8.03. The number of likely N-dealkylation sites (tertiary alicyclic amines) is 1. The molecule has 7 heteroatoms. The number of carbonyl (C=O) groups is 3. The van der Waals surface area contributed by atoms with Gasteiger partial charge in [0.1, 0.15) is 11.9 Å². The number of hydrogen-bond donors (Lipinski definition) is 2. The molecule has 164 valence electrons. The molecule has 0 spiro atoms. The quantitative estimate of drug-likeness (QED) is 0.747. The van der Waals surface area contributed by atoms with Gasteiger partial charge in [-0.1, -0.05) is 29.8 Å². The lowest BCUT2D eigenvalue weighted by molar-refractivity contribution is -0.128. The summed E-state index contributed by atoms with van der Waals surface area (Å²) in [5, 5.41) is 5.63. The zero-order chi connectivity index (χ0) is 22.4. The first-order valence-electron chi connectivity index (χ1n) is 10.5. The van der Waals surface area contributed by atoms with Crippen LogP contribution >= 0.6 is 0 Å². The number of benzene rings is 2. The van der Waals surface area contributed by atoms with Gasteiger partial charge < -0.3 is 15.5 Å². The molecule has 31 heavy (non-hydrogen) atoms. The highest BCUT2D eigenvalue weighted by atomic mass is 19.1. The number of piperidine rings is 1. The van der Waals surface area contributed by atoms with E-state index >= 15 is 0 Å². The molecule has 1 aliphatic rings. The van der Waals surface area contributed by atoms with Crippen molar-refractivity contribution in [3.05, 3.63) is 71.0 Å². The van der Waals surface area contributed by atoms with Gasteiger partial charge in [0.2, 0.25) is 11.8 Å². The van der Waals surface area contributed by atoms with E-state index in [-0.39, 0.29) is 36.0 Å². The van der Waals surface area contributed by atoms with Crippen molar-refractivity contribution in [2.24, 2.45) is 0 Å². The van der Waals surface area contributed by atoms with Gasteiger partial charge in [0.15, 0.2) is 0 Å². The fraction of sp³-hybridized carbons (Fsp3) is 0.375. The van der Waals surface area contributed by atoms with Crippen molar-refractivity contribution in [3.8, 4) is 0 Å². The fourth-order valence-corrected chi connectivity index (χ4v) is 3.76. The van der Waals surface area contributed by atoms with Gasteiger partial charge in [0, 0.05) is 38.0 Å². The van der Waals surface area contributed by atoms with Crippen LogP contribution in [0.1, 0.15) is 41.3 Å². The Balaban J connectivity index is 1.55. The molecular formula is C24H28FN3O3. The van der Waals surface area contributed by atoms with Crippen molar-refractivity contribution in [2.75, 3.05) is 13.1 Å². The lowest BCUT2D eigenvalue weighted by Gasteiger charge is -2.33. The highest BCUT2D eigenvalue weighted by Crippen LogP contribution is 2.15. The van der Waals surface area contributed by atoms with Crippen LogP contribution in [0.4, 0.5) is 4.39 Å². The summed E-state index contributed by atoms with van der Waals surface area (Å²) in [6.45, 7) is 4.42. The zero-order valence-corrected chi connectivity index (χ0v) is 17.9. The van der Waals surface area contributed by atoms with Crippen molar-refractivity contribution in [1.82, 2.24) is 15.5 Å². The molecule has 3 rings (SSSR count). The molecule has 1 atom stereocenters. The molecule has 2 N–H and O–H groups in total. The van der Waals surface area contributed by atoms with E-state index in [4.69, 9.17) is 0 Å². The Morgan fingerprint density at radius 2 is 1.77 bits per heavy atom. The molecule has 1 fully saturated rings. The first-order chi connectivity index (χ1) is 14.8. The third-order valence-corrected chi connectivity index (χ3v) is 5.45. The largest absolute Gasteiger partial charge is 0.351 e. The smallest absolute Gasteiger partial charge is 0.253 e. The summed E-state index contributed by atoms with van der Waals surface area (Å²) in [5.41, 5.74) is 2.39. The average Bonchev–Trinajstić information content (AvgIpc) is 2.73. The number of hydrogen-bond acceptors (Lipinski definition) is 3. The van der Waals surface area contributed by atoms with Crippen LogP contribution in [-0.4, -0.2) is 47.8 Å². The standard InChI is InChI=1S/C24H28FN3O3/c1-16-6-8-19(9-7-16)24(31)28-12-10-21(11-13-28)27-23(30)22(26-17(2)29)15-18-4-3-5-20(25)14-18/h3-9,14,21-22H,10-13,15H2,1-2H3,(H,26,29)(H,27,30)/t22-/m1/s1. The predicted octanol–water partition coefficient (Wildman–Crippen LogP) is 2.60. The lowest BCUT2D eigenvalue weighted by Crippen LogP contribution is -2.53. The number of nitrogens with zero attached hydrogens (tertiary/aromatic N) is 1. The summed E-state index contributed by atoms with van der Waals surface area (Å²) in [7, 11) is 0. The van der Waals surface area contributed by atoms with Gasteiger partial charge in [-0.15, -0.1) is 0 Å². The highest BCUT2D eigenvalue weighted by Gasteiger charge is 2.27. The van der Waals surface area contributed by atoms with Gasteiger partial charge in [-0.05, 0) is 49.6 Å². The maximum Gasteiger partial charge on any atom is 0.253 e. The molecule has 0 bridgehead atoms. The first-order valence-corrected chi connectivity index (χ1v) is 10.5. The highest BCUT2D eigenvalue weighted by molar-refractivity contribution is 5.94. The van der Waals surface area contributed by atoms with Crippen LogP contribution < -0.4 is 10.6 Å². The average molecular weight is 426 g/mol. The minimum Gasteiger partial charge on any atom is -0.351 e. The van der Waals surface area contributed by atoms with E-state index in [0.29, 0.717) is 37.1 Å². The molecule has 1 saturated heterocycles. The van der Waals surface area contributed by atoms with E-state index in [2.05, 4.69) is 10.6 Å². The molecular weight excluding hydrogens is 397 g/mol. The van der Waals surface area contributed by atoms with Crippen LogP contribution in [0.25, 0.3) is 0 Å². The first kappa shape index (κ1) is 22.5. The second-order valence-electron chi connectivity index (χ2n) is 8.03. The number of rotatable bonds is 6. The number of amides is 3. The molecule has 3 amide bonds. The van der Waals surface area contributed by atoms with Gasteiger partial charge in [-0.2, -0.15) is 0 Å². The molecule has 1 heterocycles. The summed E-state index contributed by atoms with van der Waals surface area (Å²) in [6.07, 6.45) is 1.47. The van der Waals surface area contributed by atoms with Crippen molar-refractivity contribution >= 4 is 17.7 Å². The van der Waals surface area contributed by atoms with Crippen molar-refractivity contribution < 1.29 is 18.8 Å². The number of carbonyl (C=O) groups excluding carboxylic acids is 3. The number of aryl methyl sites for hydroxylation is 1. The van der Waals surface area contributed by atoms with Crippen molar-refractivity contribution in [2.45, 2.75) is 45.2 Å². The monoisotopic (exact) mass is 425 g/mol. The SMILES string of the molecule is CC(=O)N[C@H](Cc1cccc(F)c1)C(=O)NC1CCN(C(=O)c2ccc(C)cc2)CC1. The Morgan fingerprint density at radius 1 is 1.10 bits per heavy atom. The van der Waals surface area contributed by atoms with Crippen LogP contribution in [0.15, 0.2) is 48.5 Å². The van der Waals surface area contributed by atoms with E-state index in [1.165, 1.54) is 19.1 Å². The van der Waals surface area contributed by atoms with Crippen LogP contribution in [0, 0.1) is 12.7 Å². The van der Waals surface area contributed by atoms with E-state index in [1.807, 2.05) is 31.2 Å². The molecule has 1 aliphatic heterocycles. The predicted molar refractivity (Wildman–Crippen MR) is 116 cm³/mol. The van der Waals surface area contributed by atoms with Crippen LogP contribution in [0.2, 0.25) is 0 Å². The van der Waals surface area contributed by atoms with Crippen LogP contribution in [-0.2, 0) is 16.0 Å². The van der Waals surface area contributed by atoms with E-state index in [1.54, 1.807) is 17.0 Å². The van der Waals surface area contributed by atoms with E-state index < -0.39 is 6.04 Å². The second kappa shape index (κ2) is 10.2. The maximum absolute atomic E-state index is 13.5. The molecule has 0 radical (unpaired) electrons. The van der Waals surface area contributed by atoms with Gasteiger partial charge in [0.05, 0.1) is 0 Å². The van der Waals surface area contributed by atoms with Crippen molar-refractivity contribution in [3.63, 3.8) is 0 Å². The van der Waals surface area contributed by atoms with Gasteiger partial charge >= 0.3 is 0 Å². The van der Waals surface area contributed by atoms with Crippen molar-refractivity contribution in [1.29, 1.82) is 0 Å². The summed E-state index contributed by atoms with van der Waals surface area (Å²) in [4.78, 5) is 38.8. The Labute approximate surface area is 181 Å². The third kappa shape index (κ3) is 6.38. The number of nitrogens with one attached hydrogen (secondary N) is 2. The maximum atomic E-state index is 13.5. The third-order valence-electron chi connectivity index (χ3n) is 5.45. The van der Waals surface area contributed by atoms with Gasteiger partial charge in [-0.3, -0.25) is 14.4 Å². The van der Waals surface area contributed by atoms with Crippen LogP contribution in [0.3, 0.4) is 0 Å². The minimum absolute atomic E-state index is 0.00740. The van der Waals surface area contributed by atoms with Gasteiger partial charge in [-0.25, -0.2) is 4.39 Å². The Morgan fingerprint density at radius 3 is 2.39 bits per heavy atom. The minimum atomic E-state index is -0.786. The molecule has 0 aromatic heterocycles. The summed E-state index contributed by atoms with van der Waals surface area (Å²) < 4.78 is 13.5. The van der Waals surface area contributed by atoms with E-state index in [9.17, 15) is 18.8 Å². The number of halogens is 1. The van der Waals surface area contributed by atoms with Gasteiger partial charge in [0.25, 0.3) is 5.91 Å². The molecule has 6 nitrogen and oxygen atoms in total. The Hall–Kier alpha value is -3.22. The molecule has 2 aromatic rings. The Kier molecular flexibility index (Phi) is 7.39. The summed E-state index contributed by atoms with van der Waals surface area (Å²) in [5.74, 6) is -1.02. The zero-order valence-electron chi connectivity index (χ0n) is 17.9. The summed E-state index contributed by atoms with van der Waals surface area (Å²) in [6, 6.07) is 12.6. The Bertz CT molecular complexity index is 937.